The molecular weight excluding hydrogens is 284 g/mol. The average molecular weight is 314 g/mol. The smallest absolute Gasteiger partial charge is 0.306 e. The van der Waals surface area contributed by atoms with E-state index in [9.17, 15) is 9.59 Å². The number of ether oxygens (including phenoxy) is 2. The largest absolute Gasteiger partial charge is 0.462 e. The van der Waals surface area contributed by atoms with Crippen LogP contribution in [0.1, 0.15) is 66.2 Å². The van der Waals surface area contributed by atoms with Crippen molar-refractivity contribution < 1.29 is 24.2 Å². The first-order valence-corrected chi connectivity index (χ1v) is 7.98. The van der Waals surface area contributed by atoms with Crippen LogP contribution in [0.15, 0.2) is 12.2 Å². The van der Waals surface area contributed by atoms with E-state index in [2.05, 4.69) is 0 Å². The SMILES string of the molecule is C/C=C\CCC(CC)OC(=O)CCC(=O)OC(C)(C)CCO. The van der Waals surface area contributed by atoms with Crippen LogP contribution in [0, 0.1) is 0 Å². The summed E-state index contributed by atoms with van der Waals surface area (Å²) >= 11 is 0. The molecule has 0 rings (SSSR count). The number of aliphatic hydroxyl groups excluding tert-OH is 1. The molecule has 0 amide bonds. The number of hydrogen-bond acceptors (Lipinski definition) is 5. The van der Waals surface area contributed by atoms with Gasteiger partial charge in [-0.25, -0.2) is 0 Å². The van der Waals surface area contributed by atoms with E-state index in [0.717, 1.165) is 19.3 Å². The second kappa shape index (κ2) is 11.2. The Hall–Kier alpha value is -1.36. The Morgan fingerprint density at radius 1 is 1.23 bits per heavy atom. The minimum Gasteiger partial charge on any atom is -0.462 e. The van der Waals surface area contributed by atoms with Crippen LogP contribution in [-0.4, -0.2) is 35.4 Å². The lowest BCUT2D eigenvalue weighted by atomic mass is 10.1. The molecule has 0 aromatic carbocycles. The van der Waals surface area contributed by atoms with Crippen molar-refractivity contribution in [1.82, 2.24) is 0 Å². The van der Waals surface area contributed by atoms with Gasteiger partial charge in [0, 0.05) is 13.0 Å². The average Bonchev–Trinajstić information content (AvgIpc) is 2.43. The molecule has 5 nitrogen and oxygen atoms in total. The fourth-order valence-electron chi connectivity index (χ4n) is 1.92. The summed E-state index contributed by atoms with van der Waals surface area (Å²) in [7, 11) is 0. The van der Waals surface area contributed by atoms with Crippen molar-refractivity contribution in [3.8, 4) is 0 Å². The third-order valence-corrected chi connectivity index (χ3v) is 3.28. The van der Waals surface area contributed by atoms with Crippen molar-refractivity contribution in [3.63, 3.8) is 0 Å². The zero-order chi connectivity index (χ0) is 17.0. The van der Waals surface area contributed by atoms with Gasteiger partial charge in [0.15, 0.2) is 0 Å². The Balaban J connectivity index is 4.08. The molecule has 0 aliphatic carbocycles. The maximum atomic E-state index is 11.8. The maximum absolute atomic E-state index is 11.8. The summed E-state index contributed by atoms with van der Waals surface area (Å²) in [5.41, 5.74) is -0.714. The molecule has 0 radical (unpaired) electrons. The molecular formula is C17H30O5. The third kappa shape index (κ3) is 10.4. The molecule has 0 aliphatic rings. The highest BCUT2D eigenvalue weighted by molar-refractivity contribution is 5.77. The molecule has 1 unspecified atom stereocenters. The molecule has 0 heterocycles. The van der Waals surface area contributed by atoms with Crippen molar-refractivity contribution >= 4 is 11.9 Å². The summed E-state index contributed by atoms with van der Waals surface area (Å²) in [6.07, 6.45) is 6.72. The topological polar surface area (TPSA) is 72.8 Å². The summed E-state index contributed by atoms with van der Waals surface area (Å²) < 4.78 is 10.6. The fourth-order valence-corrected chi connectivity index (χ4v) is 1.92. The van der Waals surface area contributed by atoms with Gasteiger partial charge in [-0.3, -0.25) is 9.59 Å². The van der Waals surface area contributed by atoms with Gasteiger partial charge in [-0.1, -0.05) is 19.1 Å². The molecule has 128 valence electrons. The second-order valence-corrected chi connectivity index (χ2v) is 5.87. The molecule has 1 atom stereocenters. The van der Waals surface area contributed by atoms with Gasteiger partial charge in [0.05, 0.1) is 12.8 Å². The number of rotatable bonds is 11. The van der Waals surface area contributed by atoms with Gasteiger partial charge in [0.1, 0.15) is 11.7 Å². The van der Waals surface area contributed by atoms with E-state index < -0.39 is 11.6 Å². The molecule has 22 heavy (non-hydrogen) atoms. The van der Waals surface area contributed by atoms with E-state index in [-0.39, 0.29) is 31.5 Å². The lowest BCUT2D eigenvalue weighted by Gasteiger charge is -2.24. The lowest BCUT2D eigenvalue weighted by molar-refractivity contribution is -0.161. The Morgan fingerprint density at radius 2 is 1.86 bits per heavy atom. The first-order chi connectivity index (χ1) is 10.3. The summed E-state index contributed by atoms with van der Waals surface area (Å²) in [6, 6.07) is 0. The Morgan fingerprint density at radius 3 is 2.41 bits per heavy atom. The van der Waals surface area contributed by atoms with Crippen LogP contribution in [0.3, 0.4) is 0 Å². The summed E-state index contributed by atoms with van der Waals surface area (Å²) in [5, 5.41) is 8.88. The fraction of sp³-hybridized carbons (Fsp3) is 0.765. The Labute approximate surface area is 133 Å². The van der Waals surface area contributed by atoms with Crippen molar-refractivity contribution in [2.45, 2.75) is 77.9 Å². The van der Waals surface area contributed by atoms with E-state index in [1.54, 1.807) is 13.8 Å². The standard InChI is InChI=1S/C17H30O5/c1-5-7-8-9-14(6-2)21-15(19)10-11-16(20)22-17(3,4)12-13-18/h5,7,14,18H,6,8-13H2,1-4H3/b7-5-. The minimum absolute atomic E-state index is 0.00100. The van der Waals surface area contributed by atoms with Crippen LogP contribution in [0.4, 0.5) is 0 Å². The van der Waals surface area contributed by atoms with Crippen molar-refractivity contribution in [2.24, 2.45) is 0 Å². The van der Waals surface area contributed by atoms with E-state index in [1.165, 1.54) is 0 Å². The first-order valence-electron chi connectivity index (χ1n) is 7.98. The van der Waals surface area contributed by atoms with Gasteiger partial charge in [-0.05, 0) is 40.0 Å². The normalized spacial score (nSPS) is 13.1. The van der Waals surface area contributed by atoms with E-state index in [4.69, 9.17) is 14.6 Å². The number of hydrogen-bond donors (Lipinski definition) is 1. The molecule has 1 N–H and O–H groups in total. The summed E-state index contributed by atoms with van der Waals surface area (Å²) in [4.78, 5) is 23.4. The van der Waals surface area contributed by atoms with Crippen LogP contribution in [0.25, 0.3) is 0 Å². The number of esters is 2. The molecule has 0 spiro atoms. The van der Waals surface area contributed by atoms with E-state index in [0.29, 0.717) is 6.42 Å². The van der Waals surface area contributed by atoms with Crippen molar-refractivity contribution in [1.29, 1.82) is 0 Å². The number of carbonyl (C=O) groups is 2. The van der Waals surface area contributed by atoms with E-state index >= 15 is 0 Å². The minimum atomic E-state index is -0.714. The van der Waals surface area contributed by atoms with Gasteiger partial charge in [-0.15, -0.1) is 0 Å². The molecule has 0 aromatic rings. The van der Waals surface area contributed by atoms with Gasteiger partial charge in [-0.2, -0.15) is 0 Å². The molecule has 0 saturated carbocycles. The predicted molar refractivity (Wildman–Crippen MR) is 85.3 cm³/mol. The van der Waals surface area contributed by atoms with Crippen LogP contribution < -0.4 is 0 Å². The molecule has 5 heteroatoms. The highest BCUT2D eigenvalue weighted by atomic mass is 16.6. The van der Waals surface area contributed by atoms with Gasteiger partial charge < -0.3 is 14.6 Å². The number of allylic oxidation sites excluding steroid dienone is 2. The van der Waals surface area contributed by atoms with Gasteiger partial charge >= 0.3 is 11.9 Å². The van der Waals surface area contributed by atoms with Gasteiger partial charge in [0.2, 0.25) is 0 Å². The molecule has 0 aromatic heterocycles. The van der Waals surface area contributed by atoms with Crippen LogP contribution in [-0.2, 0) is 19.1 Å². The quantitative estimate of drug-likeness (QED) is 0.468. The van der Waals surface area contributed by atoms with Gasteiger partial charge in [0.25, 0.3) is 0 Å². The molecule has 0 saturated heterocycles. The van der Waals surface area contributed by atoms with Crippen LogP contribution >= 0.6 is 0 Å². The van der Waals surface area contributed by atoms with Crippen molar-refractivity contribution in [2.75, 3.05) is 6.61 Å². The second-order valence-electron chi connectivity index (χ2n) is 5.87. The zero-order valence-corrected chi connectivity index (χ0v) is 14.3. The van der Waals surface area contributed by atoms with Crippen LogP contribution in [0.5, 0.6) is 0 Å². The Kier molecular flexibility index (Phi) is 10.5. The molecule has 0 bridgehead atoms. The maximum Gasteiger partial charge on any atom is 0.306 e. The van der Waals surface area contributed by atoms with Crippen LogP contribution in [0.2, 0.25) is 0 Å². The monoisotopic (exact) mass is 314 g/mol. The highest BCUT2D eigenvalue weighted by Crippen LogP contribution is 2.16. The summed E-state index contributed by atoms with van der Waals surface area (Å²) in [6.45, 7) is 7.34. The third-order valence-electron chi connectivity index (χ3n) is 3.28. The predicted octanol–water partition coefficient (Wildman–Crippen LogP) is 3.15. The number of carbonyl (C=O) groups excluding carboxylic acids is 2. The first kappa shape index (κ1) is 20.6. The highest BCUT2D eigenvalue weighted by Gasteiger charge is 2.23. The lowest BCUT2D eigenvalue weighted by Crippen LogP contribution is -2.29. The van der Waals surface area contributed by atoms with Crippen molar-refractivity contribution in [3.05, 3.63) is 12.2 Å². The number of aliphatic hydroxyl groups is 1. The Bertz CT molecular complexity index is 360. The van der Waals surface area contributed by atoms with E-state index in [1.807, 2.05) is 26.0 Å². The zero-order valence-electron chi connectivity index (χ0n) is 14.3. The molecule has 0 aliphatic heterocycles. The molecule has 0 fully saturated rings. The summed E-state index contributed by atoms with van der Waals surface area (Å²) in [5.74, 6) is -0.818.